The topological polar surface area (TPSA) is 26.0 Å². The first-order valence-corrected chi connectivity index (χ1v) is 8.71. The van der Waals surface area contributed by atoms with Gasteiger partial charge in [-0.2, -0.15) is 0 Å². The molecule has 5 unspecified atom stereocenters. The summed E-state index contributed by atoms with van der Waals surface area (Å²) in [6, 6.07) is 0. The Bertz CT molecular complexity index is 488. The van der Waals surface area contributed by atoms with Crippen LogP contribution in [-0.2, 0) is 0 Å². The smallest absolute Gasteiger partial charge is 0.0103 e. The zero-order chi connectivity index (χ0) is 14.0. The predicted molar refractivity (Wildman–Crippen MR) is 84.0 cm³/mol. The van der Waals surface area contributed by atoms with Crippen molar-refractivity contribution in [1.29, 1.82) is 0 Å². The minimum atomic E-state index is 0.317. The summed E-state index contributed by atoms with van der Waals surface area (Å²) in [7, 11) is 0. The van der Waals surface area contributed by atoms with Crippen LogP contribution in [0.2, 0.25) is 0 Å². The van der Waals surface area contributed by atoms with E-state index >= 15 is 0 Å². The van der Waals surface area contributed by atoms with Gasteiger partial charge in [-0.3, -0.25) is 0 Å². The molecule has 110 valence electrons. The van der Waals surface area contributed by atoms with Gasteiger partial charge < -0.3 is 5.73 Å². The Morgan fingerprint density at radius 1 is 1.00 bits per heavy atom. The highest BCUT2D eigenvalue weighted by atomic mass is 14.7. The Labute approximate surface area is 123 Å². The largest absolute Gasteiger partial charge is 0.402 e. The van der Waals surface area contributed by atoms with Crippen molar-refractivity contribution in [2.24, 2.45) is 34.3 Å². The van der Waals surface area contributed by atoms with Crippen LogP contribution in [0.1, 0.15) is 65.2 Å². The van der Waals surface area contributed by atoms with Crippen molar-refractivity contribution in [2.45, 2.75) is 65.2 Å². The summed E-state index contributed by atoms with van der Waals surface area (Å²) >= 11 is 0. The minimum Gasteiger partial charge on any atom is -0.402 e. The van der Waals surface area contributed by atoms with Gasteiger partial charge >= 0.3 is 0 Å². The van der Waals surface area contributed by atoms with Gasteiger partial charge in [-0.25, -0.2) is 0 Å². The Hall–Kier alpha value is -0.720. The van der Waals surface area contributed by atoms with Crippen molar-refractivity contribution in [1.82, 2.24) is 0 Å². The summed E-state index contributed by atoms with van der Waals surface area (Å²) in [5.74, 6) is 2.64. The summed E-state index contributed by atoms with van der Waals surface area (Å²) in [6.45, 7) is 5.03. The Morgan fingerprint density at radius 3 is 2.70 bits per heavy atom. The summed E-state index contributed by atoms with van der Waals surface area (Å²) in [5, 5.41) is 0. The number of rotatable bonds is 0. The number of hydrogen-bond donors (Lipinski definition) is 1. The molecule has 5 atom stereocenters. The zero-order valence-corrected chi connectivity index (χ0v) is 13.1. The number of hydrogen-bond acceptors (Lipinski definition) is 1. The second-order valence-electron chi connectivity index (χ2n) is 8.32. The first kappa shape index (κ1) is 13.0. The fraction of sp³-hybridized carbons (Fsp3) is 0.789. The molecule has 0 spiro atoms. The third kappa shape index (κ3) is 1.50. The normalized spacial score (nSPS) is 50.6. The molecule has 1 nitrogen and oxygen atoms in total. The molecule has 0 aromatic heterocycles. The molecule has 0 bridgehead atoms. The highest BCUT2D eigenvalue weighted by Crippen LogP contribution is 2.64. The molecule has 2 saturated carbocycles. The molecular formula is C19H29N. The van der Waals surface area contributed by atoms with E-state index in [9.17, 15) is 0 Å². The van der Waals surface area contributed by atoms with Crippen LogP contribution in [0.3, 0.4) is 0 Å². The minimum absolute atomic E-state index is 0.317. The molecule has 0 saturated heterocycles. The highest BCUT2D eigenvalue weighted by Gasteiger charge is 2.55. The fourth-order valence-electron chi connectivity index (χ4n) is 6.30. The highest BCUT2D eigenvalue weighted by molar-refractivity contribution is 5.28. The molecule has 0 radical (unpaired) electrons. The maximum absolute atomic E-state index is 6.36. The van der Waals surface area contributed by atoms with Crippen LogP contribution in [0.15, 0.2) is 23.4 Å². The van der Waals surface area contributed by atoms with Crippen molar-refractivity contribution in [3.63, 3.8) is 0 Å². The van der Waals surface area contributed by atoms with Gasteiger partial charge in [-0.1, -0.05) is 38.0 Å². The van der Waals surface area contributed by atoms with Gasteiger partial charge in [0.25, 0.3) is 0 Å². The van der Waals surface area contributed by atoms with Gasteiger partial charge in [0.2, 0.25) is 0 Å². The number of allylic oxidation sites excluding steroid dienone is 4. The summed E-state index contributed by atoms with van der Waals surface area (Å²) in [6.07, 6.45) is 16.0. The van der Waals surface area contributed by atoms with Crippen LogP contribution < -0.4 is 5.73 Å². The van der Waals surface area contributed by atoms with Crippen molar-refractivity contribution in [3.8, 4) is 0 Å². The van der Waals surface area contributed by atoms with E-state index in [2.05, 4.69) is 26.0 Å². The lowest BCUT2D eigenvalue weighted by molar-refractivity contribution is -0.0171. The molecule has 0 heterocycles. The molecule has 4 aliphatic rings. The van der Waals surface area contributed by atoms with Gasteiger partial charge in [0.05, 0.1) is 0 Å². The van der Waals surface area contributed by atoms with Crippen LogP contribution in [0.4, 0.5) is 0 Å². The summed E-state index contributed by atoms with van der Waals surface area (Å²) < 4.78 is 0. The zero-order valence-electron chi connectivity index (χ0n) is 13.1. The van der Waals surface area contributed by atoms with E-state index in [-0.39, 0.29) is 0 Å². The molecule has 0 aromatic carbocycles. The molecule has 0 aliphatic heterocycles. The van der Waals surface area contributed by atoms with Gasteiger partial charge in [0, 0.05) is 11.1 Å². The third-order valence-electron chi connectivity index (χ3n) is 7.66. The standard InChI is InChI=1S/C19H29N/c1-18-11-4-3-5-13(18)6-7-14-15-8-9-17(20)19(15,2)12-10-16(14)18/h6,9,14-16H,3-5,7-8,10-12,20H2,1-2H3. The summed E-state index contributed by atoms with van der Waals surface area (Å²) in [5.41, 5.74) is 10.2. The summed E-state index contributed by atoms with van der Waals surface area (Å²) in [4.78, 5) is 0. The van der Waals surface area contributed by atoms with Crippen molar-refractivity contribution in [3.05, 3.63) is 23.4 Å². The van der Waals surface area contributed by atoms with Crippen LogP contribution in [-0.4, -0.2) is 0 Å². The Kier molecular flexibility index (Phi) is 2.69. The van der Waals surface area contributed by atoms with Gasteiger partial charge in [0.1, 0.15) is 0 Å². The Balaban J connectivity index is 1.70. The van der Waals surface area contributed by atoms with E-state index in [1.54, 1.807) is 0 Å². The van der Waals surface area contributed by atoms with E-state index in [4.69, 9.17) is 5.73 Å². The van der Waals surface area contributed by atoms with Crippen LogP contribution >= 0.6 is 0 Å². The first-order chi connectivity index (χ1) is 9.56. The van der Waals surface area contributed by atoms with E-state index in [0.29, 0.717) is 10.8 Å². The molecule has 0 amide bonds. The van der Waals surface area contributed by atoms with Gasteiger partial charge in [-0.15, -0.1) is 0 Å². The maximum Gasteiger partial charge on any atom is 0.0103 e. The maximum atomic E-state index is 6.36. The lowest BCUT2D eigenvalue weighted by atomic mass is 9.48. The molecule has 2 N–H and O–H groups in total. The van der Waals surface area contributed by atoms with E-state index < -0.39 is 0 Å². The number of fused-ring (bicyclic) bond motifs is 5. The van der Waals surface area contributed by atoms with E-state index in [1.807, 2.05) is 5.57 Å². The van der Waals surface area contributed by atoms with E-state index in [0.717, 1.165) is 17.8 Å². The fourth-order valence-corrected chi connectivity index (χ4v) is 6.30. The molecule has 0 aromatic rings. The second kappa shape index (κ2) is 4.15. The molecule has 4 rings (SSSR count). The Morgan fingerprint density at radius 2 is 1.85 bits per heavy atom. The molecule has 2 fully saturated rings. The monoisotopic (exact) mass is 271 g/mol. The predicted octanol–water partition coefficient (Wildman–Crippen LogP) is 4.79. The lowest BCUT2D eigenvalue weighted by Crippen LogP contribution is -2.49. The van der Waals surface area contributed by atoms with Gasteiger partial charge in [0.15, 0.2) is 0 Å². The van der Waals surface area contributed by atoms with Crippen LogP contribution in [0.5, 0.6) is 0 Å². The van der Waals surface area contributed by atoms with Crippen molar-refractivity contribution < 1.29 is 0 Å². The molecule has 4 aliphatic carbocycles. The van der Waals surface area contributed by atoms with E-state index in [1.165, 1.54) is 57.1 Å². The SMILES string of the molecule is CC12CCC3C(CC=C4CCCCC43C)C1CC=C2N. The van der Waals surface area contributed by atoms with Crippen LogP contribution in [0, 0.1) is 28.6 Å². The average Bonchev–Trinajstić information content (AvgIpc) is 2.74. The van der Waals surface area contributed by atoms with Gasteiger partial charge in [-0.05, 0) is 68.1 Å². The molecule has 1 heteroatoms. The van der Waals surface area contributed by atoms with Crippen molar-refractivity contribution in [2.75, 3.05) is 0 Å². The van der Waals surface area contributed by atoms with Crippen molar-refractivity contribution >= 4 is 0 Å². The van der Waals surface area contributed by atoms with Crippen LogP contribution in [0.25, 0.3) is 0 Å². The second-order valence-corrected chi connectivity index (χ2v) is 8.32. The molecular weight excluding hydrogens is 242 g/mol. The third-order valence-corrected chi connectivity index (χ3v) is 7.66. The lowest BCUT2D eigenvalue weighted by Gasteiger charge is -2.57. The molecule has 20 heavy (non-hydrogen) atoms. The first-order valence-electron chi connectivity index (χ1n) is 8.71. The average molecular weight is 271 g/mol. The number of nitrogens with two attached hydrogens (primary N) is 1. The quantitative estimate of drug-likeness (QED) is 0.630.